The predicted molar refractivity (Wildman–Crippen MR) is 115 cm³/mol. The van der Waals surface area contributed by atoms with Crippen LogP contribution in [0.4, 0.5) is 0 Å². The Hall–Kier alpha value is -3.15. The number of benzene rings is 1. The molecule has 3 heterocycles. The Labute approximate surface area is 181 Å². The van der Waals surface area contributed by atoms with Crippen LogP contribution in [0.5, 0.6) is 0 Å². The molecule has 160 valence electrons. The third-order valence-corrected chi connectivity index (χ3v) is 7.63. The molecule has 8 heteroatoms. The van der Waals surface area contributed by atoms with E-state index in [4.69, 9.17) is 4.74 Å². The third kappa shape index (κ3) is 4.07. The first-order chi connectivity index (χ1) is 14.9. The lowest BCUT2D eigenvalue weighted by atomic mass is 10.1. The minimum atomic E-state index is -3.66. The van der Waals surface area contributed by atoms with Crippen LogP contribution in [-0.2, 0) is 21.4 Å². The lowest BCUT2D eigenvalue weighted by Crippen LogP contribution is -2.36. The van der Waals surface area contributed by atoms with Gasteiger partial charge in [-0.2, -0.15) is 9.57 Å². The Bertz CT molecular complexity index is 1280. The number of rotatable bonds is 5. The van der Waals surface area contributed by atoms with Gasteiger partial charge in [0.2, 0.25) is 10.0 Å². The lowest BCUT2D eigenvalue weighted by Gasteiger charge is -2.26. The number of fused-ring (bicyclic) bond motifs is 1. The van der Waals surface area contributed by atoms with Crippen molar-refractivity contribution in [2.45, 2.75) is 37.7 Å². The zero-order valence-electron chi connectivity index (χ0n) is 17.2. The van der Waals surface area contributed by atoms with Crippen LogP contribution in [-0.4, -0.2) is 36.2 Å². The Balaban J connectivity index is 1.56. The molecule has 0 aliphatic carbocycles. The summed E-state index contributed by atoms with van der Waals surface area (Å²) in [5.41, 5.74) is 2.54. The van der Waals surface area contributed by atoms with Crippen LogP contribution in [0, 0.1) is 18.3 Å². The number of ether oxygens (including phenoxy) is 1. The van der Waals surface area contributed by atoms with Gasteiger partial charge in [0, 0.05) is 31.0 Å². The predicted octanol–water partition coefficient (Wildman–Crippen LogP) is 3.65. The molecule has 1 aromatic carbocycles. The normalized spacial score (nSPS) is 15.0. The number of esters is 1. The first-order valence-corrected chi connectivity index (χ1v) is 11.6. The fourth-order valence-corrected chi connectivity index (χ4v) is 5.66. The number of pyridine rings is 1. The zero-order chi connectivity index (χ0) is 22.0. The monoisotopic (exact) mass is 437 g/mol. The molecule has 0 saturated carbocycles. The first kappa shape index (κ1) is 21.1. The van der Waals surface area contributed by atoms with Gasteiger partial charge in [-0.25, -0.2) is 13.2 Å². The van der Waals surface area contributed by atoms with Crippen LogP contribution in [0.25, 0.3) is 5.52 Å². The van der Waals surface area contributed by atoms with E-state index in [1.807, 2.05) is 24.4 Å². The molecular formula is C23H23N3O4S. The number of aryl methyl sites for hydroxylation is 1. The summed E-state index contributed by atoms with van der Waals surface area (Å²) in [4.78, 5) is 12.8. The van der Waals surface area contributed by atoms with E-state index < -0.39 is 16.0 Å². The van der Waals surface area contributed by atoms with Gasteiger partial charge in [-0.15, -0.1) is 0 Å². The van der Waals surface area contributed by atoms with Gasteiger partial charge in [0.05, 0.1) is 21.5 Å². The third-order valence-electron chi connectivity index (χ3n) is 5.59. The van der Waals surface area contributed by atoms with E-state index in [0.29, 0.717) is 29.8 Å². The minimum Gasteiger partial charge on any atom is -0.457 e. The second-order valence-electron chi connectivity index (χ2n) is 7.66. The van der Waals surface area contributed by atoms with Crippen molar-refractivity contribution in [2.24, 2.45) is 0 Å². The van der Waals surface area contributed by atoms with Crippen molar-refractivity contribution in [3.63, 3.8) is 0 Å². The van der Waals surface area contributed by atoms with E-state index in [9.17, 15) is 18.5 Å². The zero-order valence-corrected chi connectivity index (χ0v) is 18.1. The molecule has 1 aliphatic rings. The standard InChI is InChI=1S/C23H23N3O4S/c1-17-8-9-18(13-22(17)31(28,29)26-11-4-2-5-12-26)23(27)30-16-19-15-25-10-6-3-7-21(25)20(19)14-24/h3,6-10,13,15H,2,4-5,11-12,16H2,1H3. The molecule has 31 heavy (non-hydrogen) atoms. The molecule has 1 saturated heterocycles. The highest BCUT2D eigenvalue weighted by Crippen LogP contribution is 2.25. The summed E-state index contributed by atoms with van der Waals surface area (Å²) >= 11 is 0. The van der Waals surface area contributed by atoms with Gasteiger partial charge >= 0.3 is 5.97 Å². The summed E-state index contributed by atoms with van der Waals surface area (Å²) < 4.78 is 34.9. The van der Waals surface area contributed by atoms with Crippen LogP contribution in [0.15, 0.2) is 53.7 Å². The van der Waals surface area contributed by atoms with Gasteiger partial charge in [-0.05, 0) is 49.6 Å². The van der Waals surface area contributed by atoms with Gasteiger partial charge in [0.1, 0.15) is 12.7 Å². The number of nitriles is 1. The first-order valence-electron chi connectivity index (χ1n) is 10.2. The maximum atomic E-state index is 13.1. The van der Waals surface area contributed by atoms with E-state index >= 15 is 0 Å². The smallest absolute Gasteiger partial charge is 0.338 e. The van der Waals surface area contributed by atoms with E-state index in [0.717, 1.165) is 24.8 Å². The number of hydrogen-bond acceptors (Lipinski definition) is 5. The Morgan fingerprint density at radius 2 is 1.94 bits per heavy atom. The summed E-state index contributed by atoms with van der Waals surface area (Å²) in [6.45, 7) is 2.63. The number of hydrogen-bond donors (Lipinski definition) is 0. The Kier molecular flexibility index (Phi) is 5.81. The Morgan fingerprint density at radius 3 is 2.68 bits per heavy atom. The van der Waals surface area contributed by atoms with Crippen LogP contribution in [0.2, 0.25) is 0 Å². The SMILES string of the molecule is Cc1ccc(C(=O)OCc2cn3ccccc3c2C#N)cc1S(=O)(=O)N1CCCCC1. The topological polar surface area (TPSA) is 91.9 Å². The Morgan fingerprint density at radius 1 is 1.16 bits per heavy atom. The summed E-state index contributed by atoms with van der Waals surface area (Å²) in [6.07, 6.45) is 6.28. The largest absolute Gasteiger partial charge is 0.457 e. The number of carbonyl (C=O) groups excluding carboxylic acids is 1. The second kappa shape index (κ2) is 8.53. The van der Waals surface area contributed by atoms with E-state index in [1.165, 1.54) is 10.4 Å². The maximum Gasteiger partial charge on any atom is 0.338 e. The van der Waals surface area contributed by atoms with Crippen molar-refractivity contribution in [2.75, 3.05) is 13.1 Å². The van der Waals surface area contributed by atoms with Crippen LogP contribution in [0.1, 0.15) is 46.3 Å². The fraction of sp³-hybridized carbons (Fsp3) is 0.304. The van der Waals surface area contributed by atoms with Crippen molar-refractivity contribution in [3.05, 3.63) is 71.0 Å². The van der Waals surface area contributed by atoms with E-state index in [2.05, 4.69) is 6.07 Å². The average molecular weight is 438 g/mol. The van der Waals surface area contributed by atoms with Crippen molar-refractivity contribution < 1.29 is 17.9 Å². The van der Waals surface area contributed by atoms with Crippen LogP contribution >= 0.6 is 0 Å². The van der Waals surface area contributed by atoms with Gasteiger partial charge in [-0.3, -0.25) is 0 Å². The molecular weight excluding hydrogens is 414 g/mol. The number of nitrogens with zero attached hydrogens (tertiary/aromatic N) is 3. The van der Waals surface area contributed by atoms with Crippen molar-refractivity contribution in [1.29, 1.82) is 5.26 Å². The second-order valence-corrected chi connectivity index (χ2v) is 9.56. The molecule has 7 nitrogen and oxygen atoms in total. The summed E-state index contributed by atoms with van der Waals surface area (Å²) in [5.74, 6) is -0.630. The number of aromatic nitrogens is 1. The molecule has 1 fully saturated rings. The molecule has 1 aliphatic heterocycles. The maximum absolute atomic E-state index is 13.1. The number of sulfonamides is 1. The van der Waals surface area contributed by atoms with Crippen molar-refractivity contribution in [1.82, 2.24) is 8.71 Å². The van der Waals surface area contributed by atoms with Crippen LogP contribution in [0.3, 0.4) is 0 Å². The van der Waals surface area contributed by atoms with Gasteiger partial charge in [-0.1, -0.05) is 18.6 Å². The van der Waals surface area contributed by atoms with Gasteiger partial charge < -0.3 is 9.14 Å². The van der Waals surface area contributed by atoms with Gasteiger partial charge in [0.15, 0.2) is 0 Å². The molecule has 0 radical (unpaired) electrons. The highest BCUT2D eigenvalue weighted by Gasteiger charge is 2.28. The number of carbonyl (C=O) groups is 1. The molecule has 4 rings (SSSR count). The average Bonchev–Trinajstić information content (AvgIpc) is 3.15. The highest BCUT2D eigenvalue weighted by molar-refractivity contribution is 7.89. The molecule has 2 aromatic heterocycles. The highest BCUT2D eigenvalue weighted by atomic mass is 32.2. The fourth-order valence-electron chi connectivity index (χ4n) is 3.89. The molecule has 0 N–H and O–H groups in total. The molecule has 0 bridgehead atoms. The summed E-state index contributed by atoms with van der Waals surface area (Å²) in [7, 11) is -3.66. The molecule has 0 unspecified atom stereocenters. The summed E-state index contributed by atoms with van der Waals surface area (Å²) in [5, 5.41) is 9.49. The molecule has 0 spiro atoms. The van der Waals surface area contributed by atoms with Crippen molar-refractivity contribution >= 4 is 21.5 Å². The van der Waals surface area contributed by atoms with Gasteiger partial charge in [0.25, 0.3) is 0 Å². The van der Waals surface area contributed by atoms with E-state index in [-0.39, 0.29) is 17.1 Å². The van der Waals surface area contributed by atoms with E-state index in [1.54, 1.807) is 29.7 Å². The molecule has 0 atom stereocenters. The molecule has 3 aromatic rings. The van der Waals surface area contributed by atoms with Crippen molar-refractivity contribution in [3.8, 4) is 6.07 Å². The number of piperidine rings is 1. The lowest BCUT2D eigenvalue weighted by molar-refractivity contribution is 0.0472. The molecule has 0 amide bonds. The van der Waals surface area contributed by atoms with Crippen LogP contribution < -0.4 is 0 Å². The quantitative estimate of drug-likeness (QED) is 0.568. The minimum absolute atomic E-state index is 0.0779. The summed E-state index contributed by atoms with van der Waals surface area (Å²) in [6, 6.07) is 12.2.